The third-order valence-electron chi connectivity index (χ3n) is 0.729. The molecule has 0 rings (SSSR count). The first-order valence-electron chi connectivity index (χ1n) is 2.15. The van der Waals surface area contributed by atoms with Crippen LogP contribution in [-0.4, -0.2) is 18.3 Å². The highest BCUT2D eigenvalue weighted by Gasteiger charge is 1.86. The summed E-state index contributed by atoms with van der Waals surface area (Å²) >= 11 is 0. The van der Waals surface area contributed by atoms with Gasteiger partial charge < -0.3 is 9.84 Å². The topological polar surface area (TPSA) is 29.5 Å². The van der Waals surface area contributed by atoms with Crippen LogP contribution in [0.3, 0.4) is 0 Å². The van der Waals surface area contributed by atoms with Crippen LogP contribution in [0.4, 0.5) is 0 Å². The summed E-state index contributed by atoms with van der Waals surface area (Å²) in [5, 5.41) is 8.11. The van der Waals surface area contributed by atoms with Crippen LogP contribution in [-0.2, 0) is 4.74 Å². The Morgan fingerprint density at radius 1 is 1.71 bits per heavy atom. The van der Waals surface area contributed by atoms with E-state index in [9.17, 15) is 0 Å². The Bertz CT molecular complexity index is 59.1. The summed E-state index contributed by atoms with van der Waals surface area (Å²) < 4.78 is 4.74. The first kappa shape index (κ1) is 6.50. The average Bonchev–Trinajstić information content (AvgIpc) is 1.68. The molecule has 1 atom stereocenters. The van der Waals surface area contributed by atoms with E-state index in [2.05, 4.69) is 0 Å². The van der Waals surface area contributed by atoms with Gasteiger partial charge in [0.15, 0.2) is 0 Å². The molecule has 0 aliphatic heterocycles. The van der Waals surface area contributed by atoms with Crippen molar-refractivity contribution in [2.24, 2.45) is 0 Å². The van der Waals surface area contributed by atoms with Gasteiger partial charge in [0.05, 0.1) is 12.4 Å². The molecule has 0 saturated carbocycles. The first-order valence-corrected chi connectivity index (χ1v) is 2.15. The van der Waals surface area contributed by atoms with Crippen LogP contribution < -0.4 is 0 Å². The molecule has 1 unspecified atom stereocenters. The van der Waals surface area contributed by atoms with Crippen LogP contribution in [0.2, 0.25) is 0 Å². The molecule has 0 aromatic heterocycles. The van der Waals surface area contributed by atoms with E-state index in [-0.39, 0.29) is 6.10 Å². The first-order chi connectivity index (χ1) is 3.31. The molecule has 0 bridgehead atoms. The van der Waals surface area contributed by atoms with Crippen molar-refractivity contribution >= 4 is 0 Å². The second-order valence-electron chi connectivity index (χ2n) is 1.28. The molecule has 0 radical (unpaired) electrons. The van der Waals surface area contributed by atoms with Gasteiger partial charge in [-0.25, -0.2) is 0 Å². The van der Waals surface area contributed by atoms with Crippen molar-refractivity contribution in [2.75, 3.05) is 7.11 Å². The second-order valence-corrected chi connectivity index (χ2v) is 1.28. The van der Waals surface area contributed by atoms with E-state index in [1.54, 1.807) is 13.2 Å². The molecule has 0 spiro atoms. The SMILES string of the molecule is COC(C)C=CO. The van der Waals surface area contributed by atoms with Gasteiger partial charge in [-0.15, -0.1) is 0 Å². The minimum Gasteiger partial charge on any atom is -0.516 e. The number of hydrogen-bond donors (Lipinski definition) is 1. The second kappa shape index (κ2) is 3.68. The molecule has 7 heavy (non-hydrogen) atoms. The molecule has 1 N–H and O–H groups in total. The summed E-state index contributed by atoms with van der Waals surface area (Å²) in [5.41, 5.74) is 0. The number of rotatable bonds is 2. The van der Waals surface area contributed by atoms with E-state index in [4.69, 9.17) is 9.84 Å². The molecule has 0 aliphatic rings. The average molecular weight is 102 g/mol. The minimum absolute atomic E-state index is 0.0185. The molecule has 0 aliphatic carbocycles. The maximum Gasteiger partial charge on any atom is 0.0777 e. The summed E-state index contributed by atoms with van der Waals surface area (Å²) in [4.78, 5) is 0. The minimum atomic E-state index is 0.0185. The smallest absolute Gasteiger partial charge is 0.0777 e. The molecule has 42 valence electrons. The lowest BCUT2D eigenvalue weighted by molar-refractivity contribution is 0.154. The summed E-state index contributed by atoms with van der Waals surface area (Å²) in [7, 11) is 1.59. The van der Waals surface area contributed by atoms with Crippen LogP contribution in [0, 0.1) is 0 Å². The Labute approximate surface area is 43.4 Å². The van der Waals surface area contributed by atoms with Gasteiger partial charge in [0.25, 0.3) is 0 Å². The van der Waals surface area contributed by atoms with E-state index in [0.29, 0.717) is 0 Å². The molecular weight excluding hydrogens is 92.1 g/mol. The zero-order valence-electron chi connectivity index (χ0n) is 4.59. The largest absolute Gasteiger partial charge is 0.516 e. The van der Waals surface area contributed by atoms with Crippen LogP contribution in [0.1, 0.15) is 6.92 Å². The number of ether oxygens (including phenoxy) is 1. The third kappa shape index (κ3) is 3.33. The van der Waals surface area contributed by atoms with Crippen molar-refractivity contribution in [3.05, 3.63) is 12.3 Å². The zero-order chi connectivity index (χ0) is 5.70. The summed E-state index contributed by atoms with van der Waals surface area (Å²) in [5.74, 6) is 0. The van der Waals surface area contributed by atoms with Gasteiger partial charge >= 0.3 is 0 Å². The number of hydrogen-bond acceptors (Lipinski definition) is 2. The van der Waals surface area contributed by atoms with Crippen molar-refractivity contribution in [2.45, 2.75) is 13.0 Å². The number of methoxy groups -OCH3 is 1. The molecule has 0 aromatic rings. The highest BCUT2D eigenvalue weighted by atomic mass is 16.5. The summed E-state index contributed by atoms with van der Waals surface area (Å²) in [6.07, 6.45) is 2.55. The van der Waals surface area contributed by atoms with Gasteiger partial charge in [0.1, 0.15) is 0 Å². The van der Waals surface area contributed by atoms with Gasteiger partial charge in [-0.3, -0.25) is 0 Å². The van der Waals surface area contributed by atoms with E-state index in [1.165, 1.54) is 0 Å². The Morgan fingerprint density at radius 3 is 2.43 bits per heavy atom. The van der Waals surface area contributed by atoms with Crippen molar-refractivity contribution in [1.82, 2.24) is 0 Å². The van der Waals surface area contributed by atoms with Crippen LogP contribution in [0.15, 0.2) is 12.3 Å². The van der Waals surface area contributed by atoms with Crippen molar-refractivity contribution in [1.29, 1.82) is 0 Å². The van der Waals surface area contributed by atoms with Crippen LogP contribution in [0.25, 0.3) is 0 Å². The standard InChI is InChI=1S/C5H10O2/c1-5(7-2)3-4-6/h3-6H,1-2H3. The fourth-order valence-corrected chi connectivity index (χ4v) is 0.200. The normalized spacial score (nSPS) is 15.1. The summed E-state index contributed by atoms with van der Waals surface area (Å²) in [6, 6.07) is 0. The van der Waals surface area contributed by atoms with Crippen molar-refractivity contribution in [3.63, 3.8) is 0 Å². The van der Waals surface area contributed by atoms with Crippen LogP contribution in [0.5, 0.6) is 0 Å². The fourth-order valence-electron chi connectivity index (χ4n) is 0.200. The highest BCUT2D eigenvalue weighted by molar-refractivity contribution is 4.78. The lowest BCUT2D eigenvalue weighted by Gasteiger charge is -1.98. The molecule has 0 amide bonds. The van der Waals surface area contributed by atoms with Gasteiger partial charge in [-0.2, -0.15) is 0 Å². The lowest BCUT2D eigenvalue weighted by atomic mass is 10.4. The molecule has 0 fully saturated rings. The molecule has 2 heteroatoms. The van der Waals surface area contributed by atoms with Gasteiger partial charge in [0.2, 0.25) is 0 Å². The van der Waals surface area contributed by atoms with E-state index >= 15 is 0 Å². The third-order valence-corrected chi connectivity index (χ3v) is 0.729. The van der Waals surface area contributed by atoms with Gasteiger partial charge in [0, 0.05) is 7.11 Å². The monoisotopic (exact) mass is 102 g/mol. The van der Waals surface area contributed by atoms with E-state index < -0.39 is 0 Å². The Kier molecular flexibility index (Phi) is 3.42. The Morgan fingerprint density at radius 2 is 2.29 bits per heavy atom. The highest BCUT2D eigenvalue weighted by Crippen LogP contribution is 1.86. The van der Waals surface area contributed by atoms with E-state index in [0.717, 1.165) is 6.26 Å². The summed E-state index contributed by atoms with van der Waals surface area (Å²) in [6.45, 7) is 1.84. The maximum absolute atomic E-state index is 8.11. The van der Waals surface area contributed by atoms with Gasteiger partial charge in [-0.1, -0.05) is 0 Å². The molecule has 0 saturated heterocycles. The quantitative estimate of drug-likeness (QED) is 0.529. The zero-order valence-corrected chi connectivity index (χ0v) is 4.59. The molecule has 2 nitrogen and oxygen atoms in total. The Hall–Kier alpha value is -0.500. The van der Waals surface area contributed by atoms with Crippen LogP contribution >= 0.6 is 0 Å². The van der Waals surface area contributed by atoms with Gasteiger partial charge in [-0.05, 0) is 13.0 Å². The van der Waals surface area contributed by atoms with E-state index in [1.807, 2.05) is 6.92 Å². The van der Waals surface area contributed by atoms with Crippen molar-refractivity contribution in [3.8, 4) is 0 Å². The number of aliphatic hydroxyl groups excluding tert-OH is 1. The predicted octanol–water partition coefficient (Wildman–Crippen LogP) is 1.09. The fraction of sp³-hybridized carbons (Fsp3) is 0.600. The van der Waals surface area contributed by atoms with Crippen molar-refractivity contribution < 1.29 is 9.84 Å². The number of aliphatic hydroxyl groups is 1. The lowest BCUT2D eigenvalue weighted by Crippen LogP contribution is -1.97. The Balaban J connectivity index is 3.16. The molecule has 0 heterocycles. The molecule has 0 aromatic carbocycles. The predicted molar refractivity (Wildman–Crippen MR) is 28.2 cm³/mol. The maximum atomic E-state index is 8.11. The molecular formula is C5H10O2.